The second-order valence-corrected chi connectivity index (χ2v) is 9.75. The highest BCUT2D eigenvalue weighted by Gasteiger charge is 2.27. The summed E-state index contributed by atoms with van der Waals surface area (Å²) < 4.78 is 32.9. The number of para-hydroxylation sites is 1. The van der Waals surface area contributed by atoms with Crippen molar-refractivity contribution in [2.24, 2.45) is 4.99 Å². The van der Waals surface area contributed by atoms with E-state index in [1.165, 1.54) is 16.6 Å². The number of benzene rings is 2. The average molecular weight is 471 g/mol. The minimum Gasteiger partial charge on any atom is -0.379 e. The van der Waals surface area contributed by atoms with E-state index in [1.54, 1.807) is 42.5 Å². The van der Waals surface area contributed by atoms with Gasteiger partial charge in [-0.3, -0.25) is 15.1 Å². The summed E-state index contributed by atoms with van der Waals surface area (Å²) >= 11 is 0. The maximum atomic E-state index is 13.1. The van der Waals surface area contributed by atoms with Gasteiger partial charge >= 0.3 is 0 Å². The van der Waals surface area contributed by atoms with Gasteiger partial charge in [0.05, 0.1) is 40.0 Å². The fourth-order valence-electron chi connectivity index (χ4n) is 3.99. The number of aliphatic imine (C=N–C) groups is 1. The Labute approximate surface area is 193 Å². The molecule has 4 rings (SSSR count). The van der Waals surface area contributed by atoms with Crippen LogP contribution in [0.3, 0.4) is 0 Å². The van der Waals surface area contributed by atoms with Crippen LogP contribution in [0.15, 0.2) is 58.4 Å². The standard InChI is InChI=1S/C23H26N4O5S/c28-27(29)22-8-2-1-6-19(22)7-5-11-24-21-18-20(9-10-23(21)25-12-3-4-13-25)33(30,31)26-14-16-32-17-15-26/h1-2,5-11,18H,3-4,12-17H2. The van der Waals surface area contributed by atoms with E-state index in [0.29, 0.717) is 37.6 Å². The summed E-state index contributed by atoms with van der Waals surface area (Å²) in [5.41, 5.74) is 1.91. The Morgan fingerprint density at radius 1 is 1.03 bits per heavy atom. The Balaban J connectivity index is 1.63. The van der Waals surface area contributed by atoms with Crippen LogP contribution >= 0.6 is 0 Å². The molecule has 0 amide bonds. The molecule has 2 aliphatic heterocycles. The van der Waals surface area contributed by atoms with Gasteiger partial charge in [0.1, 0.15) is 0 Å². The van der Waals surface area contributed by atoms with E-state index in [0.717, 1.165) is 31.6 Å². The van der Waals surface area contributed by atoms with Crippen molar-refractivity contribution in [3.63, 3.8) is 0 Å². The smallest absolute Gasteiger partial charge is 0.276 e. The van der Waals surface area contributed by atoms with Crippen LogP contribution in [0.2, 0.25) is 0 Å². The first kappa shape index (κ1) is 23.1. The molecule has 0 radical (unpaired) electrons. The molecule has 0 aromatic heterocycles. The van der Waals surface area contributed by atoms with Crippen molar-refractivity contribution in [2.45, 2.75) is 17.7 Å². The van der Waals surface area contributed by atoms with Gasteiger partial charge in [-0.1, -0.05) is 12.1 Å². The average Bonchev–Trinajstić information content (AvgIpc) is 3.37. The lowest BCUT2D eigenvalue weighted by Crippen LogP contribution is -2.40. The lowest BCUT2D eigenvalue weighted by atomic mass is 10.1. The Morgan fingerprint density at radius 3 is 2.48 bits per heavy atom. The Bertz CT molecular complexity index is 1170. The monoisotopic (exact) mass is 470 g/mol. The molecule has 2 heterocycles. The van der Waals surface area contributed by atoms with E-state index in [1.807, 2.05) is 6.07 Å². The van der Waals surface area contributed by atoms with Crippen molar-refractivity contribution < 1.29 is 18.1 Å². The van der Waals surface area contributed by atoms with Gasteiger partial charge in [0.15, 0.2) is 0 Å². The van der Waals surface area contributed by atoms with Crippen molar-refractivity contribution >= 4 is 39.4 Å². The molecule has 10 heteroatoms. The van der Waals surface area contributed by atoms with Crippen LogP contribution in [0.1, 0.15) is 18.4 Å². The number of morpholine rings is 1. The van der Waals surface area contributed by atoms with Crippen LogP contribution in [0.5, 0.6) is 0 Å². The minimum absolute atomic E-state index is 0.0125. The molecular weight excluding hydrogens is 444 g/mol. The summed E-state index contributed by atoms with van der Waals surface area (Å²) in [7, 11) is -3.65. The summed E-state index contributed by atoms with van der Waals surface area (Å²) in [6.45, 7) is 3.20. The van der Waals surface area contributed by atoms with Crippen LogP contribution in [0, 0.1) is 10.1 Å². The molecule has 2 aromatic rings. The highest BCUT2D eigenvalue weighted by atomic mass is 32.2. The number of anilines is 1. The number of nitrogens with zero attached hydrogens (tertiary/aromatic N) is 4. The summed E-state index contributed by atoms with van der Waals surface area (Å²) in [6, 6.07) is 11.5. The van der Waals surface area contributed by atoms with Crippen LogP contribution < -0.4 is 4.90 Å². The maximum Gasteiger partial charge on any atom is 0.276 e. The second-order valence-electron chi connectivity index (χ2n) is 7.81. The van der Waals surface area contributed by atoms with E-state index in [2.05, 4.69) is 9.89 Å². The molecule has 2 aromatic carbocycles. The molecule has 0 atom stereocenters. The summed E-state index contributed by atoms with van der Waals surface area (Å²) in [4.78, 5) is 17.7. The molecule has 9 nitrogen and oxygen atoms in total. The predicted octanol–water partition coefficient (Wildman–Crippen LogP) is 3.63. The zero-order valence-electron chi connectivity index (χ0n) is 18.2. The van der Waals surface area contributed by atoms with E-state index in [9.17, 15) is 18.5 Å². The first-order valence-electron chi connectivity index (χ1n) is 10.9. The zero-order valence-corrected chi connectivity index (χ0v) is 19.0. The van der Waals surface area contributed by atoms with E-state index in [4.69, 9.17) is 4.74 Å². The molecule has 0 unspecified atom stereocenters. The quantitative estimate of drug-likeness (QED) is 0.348. The molecule has 0 N–H and O–H groups in total. The lowest BCUT2D eigenvalue weighted by Gasteiger charge is -2.26. The second kappa shape index (κ2) is 10.2. The van der Waals surface area contributed by atoms with Gasteiger partial charge in [0, 0.05) is 38.5 Å². The molecular formula is C23H26N4O5S. The van der Waals surface area contributed by atoms with E-state index >= 15 is 0 Å². The zero-order chi connectivity index (χ0) is 23.3. The van der Waals surface area contributed by atoms with Crippen molar-refractivity contribution in [2.75, 3.05) is 44.3 Å². The Morgan fingerprint density at radius 2 is 1.76 bits per heavy atom. The van der Waals surface area contributed by atoms with Gasteiger partial charge in [-0.05, 0) is 49.3 Å². The van der Waals surface area contributed by atoms with E-state index in [-0.39, 0.29) is 10.6 Å². The van der Waals surface area contributed by atoms with Gasteiger partial charge in [-0.2, -0.15) is 4.31 Å². The molecule has 174 valence electrons. The number of hydrogen-bond donors (Lipinski definition) is 0. The third kappa shape index (κ3) is 5.29. The van der Waals surface area contributed by atoms with Gasteiger partial charge in [0.2, 0.25) is 10.0 Å². The fraction of sp³-hybridized carbons (Fsp3) is 0.348. The molecule has 2 aliphatic rings. The highest BCUT2D eigenvalue weighted by molar-refractivity contribution is 7.89. The topological polar surface area (TPSA) is 105 Å². The number of sulfonamides is 1. The molecule has 2 saturated heterocycles. The third-order valence-electron chi connectivity index (χ3n) is 5.71. The van der Waals surface area contributed by atoms with Crippen LogP contribution in [0.4, 0.5) is 17.1 Å². The maximum absolute atomic E-state index is 13.1. The van der Waals surface area contributed by atoms with Crippen LogP contribution in [-0.4, -0.2) is 63.3 Å². The number of nitro groups is 1. The molecule has 2 fully saturated rings. The van der Waals surface area contributed by atoms with Gasteiger partial charge < -0.3 is 9.64 Å². The number of nitro benzene ring substituents is 1. The largest absolute Gasteiger partial charge is 0.379 e. The number of rotatable bonds is 7. The van der Waals surface area contributed by atoms with Crippen LogP contribution in [-0.2, 0) is 14.8 Å². The summed E-state index contributed by atoms with van der Waals surface area (Å²) in [5.74, 6) is 0. The van der Waals surface area contributed by atoms with Gasteiger partial charge in [-0.15, -0.1) is 0 Å². The Kier molecular flexibility index (Phi) is 7.17. The Hall–Kier alpha value is -3.08. The first-order valence-corrected chi connectivity index (χ1v) is 12.3. The minimum atomic E-state index is -3.65. The summed E-state index contributed by atoms with van der Waals surface area (Å²) in [5, 5.41) is 11.2. The predicted molar refractivity (Wildman–Crippen MR) is 128 cm³/mol. The van der Waals surface area contributed by atoms with Crippen molar-refractivity contribution in [1.82, 2.24) is 4.31 Å². The number of hydrogen-bond acceptors (Lipinski definition) is 7. The van der Waals surface area contributed by atoms with Gasteiger partial charge in [0.25, 0.3) is 5.69 Å². The first-order chi connectivity index (χ1) is 16.0. The normalized spacial score (nSPS) is 17.9. The van der Waals surface area contributed by atoms with Crippen LogP contribution in [0.25, 0.3) is 6.08 Å². The number of allylic oxidation sites excluding steroid dienone is 1. The van der Waals surface area contributed by atoms with Crippen molar-refractivity contribution in [3.05, 3.63) is 64.2 Å². The molecule has 0 bridgehead atoms. The van der Waals surface area contributed by atoms with Crippen molar-refractivity contribution in [3.8, 4) is 0 Å². The fourth-order valence-corrected chi connectivity index (χ4v) is 5.42. The lowest BCUT2D eigenvalue weighted by molar-refractivity contribution is -0.385. The third-order valence-corrected chi connectivity index (χ3v) is 7.61. The summed E-state index contributed by atoms with van der Waals surface area (Å²) in [6.07, 6.45) is 6.94. The van der Waals surface area contributed by atoms with E-state index < -0.39 is 14.9 Å². The number of ether oxygens (including phenoxy) is 1. The molecule has 0 spiro atoms. The van der Waals surface area contributed by atoms with Crippen molar-refractivity contribution in [1.29, 1.82) is 0 Å². The molecule has 33 heavy (non-hydrogen) atoms. The highest BCUT2D eigenvalue weighted by Crippen LogP contribution is 2.34. The molecule has 0 aliphatic carbocycles. The SMILES string of the molecule is O=[N+]([O-])c1ccccc1C=CC=Nc1cc(S(=O)(=O)N2CCOCC2)ccc1N1CCCC1. The molecule has 0 saturated carbocycles. The van der Waals surface area contributed by atoms with Gasteiger partial charge in [-0.25, -0.2) is 8.42 Å².